The van der Waals surface area contributed by atoms with Crippen LogP contribution >= 0.6 is 0 Å². The number of amides is 3. The number of carbonyl (C=O) groups is 2. The predicted octanol–water partition coefficient (Wildman–Crippen LogP) is 4.61. The molecular formula is C18H24F3N3O2. The first-order valence-electron chi connectivity index (χ1n) is 8.64. The van der Waals surface area contributed by atoms with Gasteiger partial charge >= 0.3 is 12.2 Å². The van der Waals surface area contributed by atoms with E-state index in [1.165, 1.54) is 13.0 Å². The van der Waals surface area contributed by atoms with Gasteiger partial charge in [0.05, 0.1) is 11.3 Å². The van der Waals surface area contributed by atoms with Crippen LogP contribution in [0.15, 0.2) is 18.2 Å². The molecule has 1 aromatic carbocycles. The van der Waals surface area contributed by atoms with Crippen LogP contribution in [-0.2, 0) is 11.0 Å². The summed E-state index contributed by atoms with van der Waals surface area (Å²) in [7, 11) is 0. The second-order valence-electron chi connectivity index (χ2n) is 6.91. The topological polar surface area (TPSA) is 70.2 Å². The molecular weight excluding hydrogens is 347 g/mol. The Bertz CT molecular complexity index is 676. The van der Waals surface area contributed by atoms with Crippen LogP contribution in [0.5, 0.6) is 0 Å². The molecule has 144 valence electrons. The van der Waals surface area contributed by atoms with Crippen LogP contribution in [0, 0.1) is 11.8 Å². The van der Waals surface area contributed by atoms with Crippen LogP contribution in [0.3, 0.4) is 0 Å². The fourth-order valence-corrected chi connectivity index (χ4v) is 3.28. The zero-order chi connectivity index (χ0) is 19.5. The molecule has 1 fully saturated rings. The van der Waals surface area contributed by atoms with Gasteiger partial charge in [-0.3, -0.25) is 4.79 Å². The fourth-order valence-electron chi connectivity index (χ4n) is 3.28. The molecule has 0 bridgehead atoms. The number of carbonyl (C=O) groups excluding carboxylic acids is 2. The van der Waals surface area contributed by atoms with Crippen LogP contribution in [0.2, 0.25) is 0 Å². The maximum absolute atomic E-state index is 13.3. The lowest BCUT2D eigenvalue weighted by Crippen LogP contribution is -2.45. The second kappa shape index (κ2) is 7.97. The van der Waals surface area contributed by atoms with Gasteiger partial charge in [0, 0.05) is 18.7 Å². The van der Waals surface area contributed by atoms with Crippen molar-refractivity contribution in [3.05, 3.63) is 23.8 Å². The van der Waals surface area contributed by atoms with Crippen LogP contribution in [0.1, 0.15) is 45.6 Å². The molecule has 8 heteroatoms. The average molecular weight is 371 g/mol. The molecule has 1 aliphatic rings. The van der Waals surface area contributed by atoms with Crippen molar-refractivity contribution >= 4 is 23.3 Å². The van der Waals surface area contributed by atoms with E-state index in [1.807, 2.05) is 6.92 Å². The van der Waals surface area contributed by atoms with Gasteiger partial charge in [0.15, 0.2) is 0 Å². The number of anilines is 2. The molecule has 0 radical (unpaired) electrons. The van der Waals surface area contributed by atoms with Gasteiger partial charge in [-0.1, -0.05) is 26.7 Å². The Balaban J connectivity index is 2.14. The second-order valence-corrected chi connectivity index (χ2v) is 6.91. The zero-order valence-electron chi connectivity index (χ0n) is 15.0. The van der Waals surface area contributed by atoms with Crippen LogP contribution < -0.4 is 16.0 Å². The highest BCUT2D eigenvalue weighted by molar-refractivity contribution is 5.92. The lowest BCUT2D eigenvalue weighted by atomic mass is 9.78. The number of rotatable bonds is 3. The largest absolute Gasteiger partial charge is 0.418 e. The van der Waals surface area contributed by atoms with E-state index in [9.17, 15) is 22.8 Å². The van der Waals surface area contributed by atoms with E-state index in [1.54, 1.807) is 0 Å². The third-order valence-electron chi connectivity index (χ3n) is 4.92. The van der Waals surface area contributed by atoms with Crippen molar-refractivity contribution in [1.29, 1.82) is 0 Å². The first-order valence-corrected chi connectivity index (χ1v) is 8.64. The summed E-state index contributed by atoms with van der Waals surface area (Å²) in [5, 5.41) is 7.39. The maximum atomic E-state index is 13.3. The SMILES string of the molecule is CC(=O)Nc1ccc(NC(=O)N[C@@H]2CCC[C@H](C)[C@@H]2C)c(C(F)(F)F)c1. The molecule has 0 unspecified atom stereocenters. The summed E-state index contributed by atoms with van der Waals surface area (Å²) in [4.78, 5) is 23.3. The molecule has 5 nitrogen and oxygen atoms in total. The summed E-state index contributed by atoms with van der Waals surface area (Å²) >= 11 is 0. The number of alkyl halides is 3. The molecule has 0 spiro atoms. The van der Waals surface area contributed by atoms with E-state index >= 15 is 0 Å². The zero-order valence-corrected chi connectivity index (χ0v) is 15.0. The minimum Gasteiger partial charge on any atom is -0.335 e. The third-order valence-corrected chi connectivity index (χ3v) is 4.92. The maximum Gasteiger partial charge on any atom is 0.418 e. The summed E-state index contributed by atoms with van der Waals surface area (Å²) in [5.41, 5.74) is -1.34. The van der Waals surface area contributed by atoms with Crippen molar-refractivity contribution in [3.63, 3.8) is 0 Å². The molecule has 1 aromatic rings. The molecule has 26 heavy (non-hydrogen) atoms. The van der Waals surface area contributed by atoms with Crippen LogP contribution in [-0.4, -0.2) is 18.0 Å². The Morgan fingerprint density at radius 3 is 2.42 bits per heavy atom. The van der Waals surface area contributed by atoms with E-state index in [4.69, 9.17) is 0 Å². The summed E-state index contributed by atoms with van der Waals surface area (Å²) < 4.78 is 39.9. The number of benzene rings is 1. The Labute approximate surface area is 150 Å². The monoisotopic (exact) mass is 371 g/mol. The Kier molecular flexibility index (Phi) is 6.15. The average Bonchev–Trinajstić information content (AvgIpc) is 2.52. The highest BCUT2D eigenvalue weighted by Crippen LogP contribution is 2.37. The van der Waals surface area contributed by atoms with Gasteiger partial charge in [-0.15, -0.1) is 0 Å². The van der Waals surface area contributed by atoms with E-state index in [0.29, 0.717) is 5.92 Å². The number of urea groups is 1. The van der Waals surface area contributed by atoms with E-state index in [-0.39, 0.29) is 23.3 Å². The first kappa shape index (κ1) is 20.1. The predicted molar refractivity (Wildman–Crippen MR) is 93.9 cm³/mol. The summed E-state index contributed by atoms with van der Waals surface area (Å²) in [6.45, 7) is 5.36. The molecule has 1 aliphatic carbocycles. The van der Waals surface area contributed by atoms with Gasteiger partial charge in [-0.2, -0.15) is 13.2 Å². The normalized spacial score (nSPS) is 23.2. The van der Waals surface area contributed by atoms with Crippen molar-refractivity contribution in [2.75, 3.05) is 10.6 Å². The number of nitrogens with one attached hydrogen (secondary N) is 3. The molecule has 0 aliphatic heterocycles. The van der Waals surface area contributed by atoms with Crippen molar-refractivity contribution in [1.82, 2.24) is 5.32 Å². The van der Waals surface area contributed by atoms with Crippen molar-refractivity contribution in [2.45, 2.75) is 52.3 Å². The molecule has 1 saturated carbocycles. The van der Waals surface area contributed by atoms with Gasteiger partial charge in [-0.05, 0) is 36.5 Å². The lowest BCUT2D eigenvalue weighted by Gasteiger charge is -2.34. The molecule has 3 atom stereocenters. The van der Waals surface area contributed by atoms with Crippen molar-refractivity contribution in [2.24, 2.45) is 11.8 Å². The Hall–Kier alpha value is -2.25. The van der Waals surface area contributed by atoms with Crippen molar-refractivity contribution in [3.8, 4) is 0 Å². The van der Waals surface area contributed by atoms with Gasteiger partial charge < -0.3 is 16.0 Å². The molecule has 3 N–H and O–H groups in total. The van der Waals surface area contributed by atoms with Gasteiger partial charge in [0.2, 0.25) is 5.91 Å². The number of hydrogen-bond donors (Lipinski definition) is 3. The highest BCUT2D eigenvalue weighted by atomic mass is 19.4. The Morgan fingerprint density at radius 1 is 1.12 bits per heavy atom. The number of hydrogen-bond acceptors (Lipinski definition) is 2. The van der Waals surface area contributed by atoms with Gasteiger partial charge in [0.1, 0.15) is 0 Å². The molecule has 0 saturated heterocycles. The smallest absolute Gasteiger partial charge is 0.335 e. The van der Waals surface area contributed by atoms with Crippen molar-refractivity contribution < 1.29 is 22.8 Å². The van der Waals surface area contributed by atoms with Crippen LogP contribution in [0.4, 0.5) is 29.3 Å². The molecule has 0 aromatic heterocycles. The minimum absolute atomic E-state index is 0.0190. The fraction of sp³-hybridized carbons (Fsp3) is 0.556. The third kappa shape index (κ3) is 5.12. The quantitative estimate of drug-likeness (QED) is 0.726. The Morgan fingerprint density at radius 2 is 1.81 bits per heavy atom. The van der Waals surface area contributed by atoms with Gasteiger partial charge in [0.25, 0.3) is 0 Å². The highest BCUT2D eigenvalue weighted by Gasteiger charge is 2.35. The van der Waals surface area contributed by atoms with E-state index in [0.717, 1.165) is 31.4 Å². The van der Waals surface area contributed by atoms with E-state index < -0.39 is 23.7 Å². The van der Waals surface area contributed by atoms with Crippen LogP contribution in [0.25, 0.3) is 0 Å². The first-order chi connectivity index (χ1) is 12.1. The van der Waals surface area contributed by atoms with Gasteiger partial charge in [-0.25, -0.2) is 4.79 Å². The molecule has 2 rings (SSSR count). The lowest BCUT2D eigenvalue weighted by molar-refractivity contribution is -0.137. The summed E-state index contributed by atoms with van der Waals surface area (Å²) in [5.74, 6) is 0.243. The molecule has 3 amide bonds. The number of halogens is 3. The summed E-state index contributed by atoms with van der Waals surface area (Å²) in [6.07, 6.45) is -1.78. The summed E-state index contributed by atoms with van der Waals surface area (Å²) in [6, 6.07) is 2.54. The minimum atomic E-state index is -4.66. The van der Waals surface area contributed by atoms with E-state index in [2.05, 4.69) is 22.9 Å². The molecule has 0 heterocycles. The standard InChI is InChI=1S/C18H24F3N3O2/c1-10-5-4-6-15(11(10)2)23-17(26)24-16-8-7-13(22-12(3)25)9-14(16)18(19,20)21/h7-11,15H,4-6H2,1-3H3,(H,22,25)(H2,23,24,26)/t10-,11-,15+/m0/s1.